The van der Waals surface area contributed by atoms with Gasteiger partial charge in [0.25, 0.3) is 0 Å². The fraction of sp³-hybridized carbons (Fsp3) is 0.364. The molecule has 1 N–H and O–H groups in total. The van der Waals surface area contributed by atoms with Crippen molar-refractivity contribution in [1.29, 1.82) is 0 Å². The maximum absolute atomic E-state index is 4.42. The number of H-pyrrole nitrogens is 1. The van der Waals surface area contributed by atoms with Crippen LogP contribution in [0.5, 0.6) is 0 Å². The molecule has 0 amide bonds. The summed E-state index contributed by atoms with van der Waals surface area (Å²) >= 11 is 1.53. The molecule has 3 aromatic heterocycles. The molecule has 0 aliphatic carbocycles. The van der Waals surface area contributed by atoms with Crippen LogP contribution in [0.3, 0.4) is 0 Å². The molecule has 0 radical (unpaired) electrons. The van der Waals surface area contributed by atoms with Gasteiger partial charge >= 0.3 is 0 Å². The zero-order valence-electron chi connectivity index (χ0n) is 10.0. The number of aromatic amines is 1. The summed E-state index contributed by atoms with van der Waals surface area (Å²) in [4.78, 5) is 20.5. The molecule has 4 rings (SSSR count). The van der Waals surface area contributed by atoms with E-state index in [2.05, 4.69) is 35.0 Å². The lowest BCUT2D eigenvalue weighted by molar-refractivity contribution is 0.665. The lowest BCUT2D eigenvalue weighted by Gasteiger charge is -2.23. The molecule has 0 spiro atoms. The van der Waals surface area contributed by atoms with Crippen LogP contribution in [0.25, 0.3) is 10.3 Å². The molecule has 1 fully saturated rings. The highest BCUT2D eigenvalue weighted by Gasteiger charge is 2.30. The minimum absolute atomic E-state index is 0.197. The monoisotopic (exact) mass is 273 g/mol. The largest absolute Gasteiger partial charge is 0.344 e. The van der Waals surface area contributed by atoms with Gasteiger partial charge < -0.3 is 4.90 Å². The fourth-order valence-electron chi connectivity index (χ4n) is 2.57. The first-order valence-electron chi connectivity index (χ1n) is 6.09. The number of thiazole rings is 1. The summed E-state index contributed by atoms with van der Waals surface area (Å²) in [6.45, 7) is 0.953. The second-order valence-corrected chi connectivity index (χ2v) is 5.26. The van der Waals surface area contributed by atoms with E-state index in [1.807, 2.05) is 5.51 Å². The van der Waals surface area contributed by atoms with E-state index in [9.17, 15) is 0 Å². The van der Waals surface area contributed by atoms with E-state index in [0.717, 1.165) is 41.4 Å². The third kappa shape index (κ3) is 1.67. The van der Waals surface area contributed by atoms with Gasteiger partial charge in [0.05, 0.1) is 11.6 Å². The van der Waals surface area contributed by atoms with Crippen LogP contribution < -0.4 is 4.90 Å². The first-order chi connectivity index (χ1) is 9.43. The molecule has 1 saturated heterocycles. The first-order valence-corrected chi connectivity index (χ1v) is 6.97. The van der Waals surface area contributed by atoms with E-state index in [-0.39, 0.29) is 6.04 Å². The SMILES string of the molecule is c1n[nH]c([C@@H]2CCCN2c2ncnc3scnc23)n1. The van der Waals surface area contributed by atoms with Crippen molar-refractivity contribution in [1.82, 2.24) is 30.1 Å². The van der Waals surface area contributed by atoms with Gasteiger partial charge in [-0.25, -0.2) is 19.9 Å². The van der Waals surface area contributed by atoms with E-state index in [4.69, 9.17) is 0 Å². The van der Waals surface area contributed by atoms with Crippen LogP contribution in [0.4, 0.5) is 5.82 Å². The van der Waals surface area contributed by atoms with Crippen LogP contribution in [0.2, 0.25) is 0 Å². The van der Waals surface area contributed by atoms with Gasteiger partial charge in [0, 0.05) is 6.54 Å². The second-order valence-electron chi connectivity index (χ2n) is 4.43. The molecular formula is C11H11N7S. The van der Waals surface area contributed by atoms with Crippen LogP contribution in [-0.2, 0) is 0 Å². The van der Waals surface area contributed by atoms with Gasteiger partial charge in [-0.05, 0) is 12.8 Å². The van der Waals surface area contributed by atoms with Crippen molar-refractivity contribution in [3.8, 4) is 0 Å². The summed E-state index contributed by atoms with van der Waals surface area (Å²) in [6.07, 6.45) is 5.31. The van der Waals surface area contributed by atoms with Gasteiger partial charge in [-0.1, -0.05) is 0 Å². The predicted molar refractivity (Wildman–Crippen MR) is 70.9 cm³/mol. The minimum atomic E-state index is 0.197. The molecule has 0 unspecified atom stereocenters. The highest BCUT2D eigenvalue weighted by molar-refractivity contribution is 7.16. The molecule has 7 nitrogen and oxygen atoms in total. The number of rotatable bonds is 2. The number of nitrogens with zero attached hydrogens (tertiary/aromatic N) is 6. The summed E-state index contributed by atoms with van der Waals surface area (Å²) < 4.78 is 0. The number of hydrogen-bond donors (Lipinski definition) is 1. The van der Waals surface area contributed by atoms with Gasteiger partial charge in [0.2, 0.25) is 0 Å². The van der Waals surface area contributed by atoms with Crippen LogP contribution >= 0.6 is 11.3 Å². The lowest BCUT2D eigenvalue weighted by Crippen LogP contribution is -2.24. The lowest BCUT2D eigenvalue weighted by atomic mass is 10.2. The molecule has 3 aromatic rings. The standard InChI is InChI=1S/C11H11N7S/c1-2-7(9-12-5-16-17-9)18(3-1)10-8-11(14-4-13-10)19-6-15-8/h4-7H,1-3H2,(H,12,16,17)/t7-/m0/s1. The molecule has 1 aliphatic heterocycles. The number of fused-ring (bicyclic) bond motifs is 1. The third-order valence-electron chi connectivity index (χ3n) is 3.39. The Hall–Kier alpha value is -2.09. The summed E-state index contributed by atoms with van der Waals surface area (Å²) in [5.41, 5.74) is 2.68. The Kier molecular flexibility index (Phi) is 2.41. The molecule has 4 heterocycles. The summed E-state index contributed by atoms with van der Waals surface area (Å²) in [7, 11) is 0. The van der Waals surface area contributed by atoms with Crippen molar-refractivity contribution in [2.24, 2.45) is 0 Å². The highest BCUT2D eigenvalue weighted by atomic mass is 32.1. The molecule has 0 saturated carbocycles. The van der Waals surface area contributed by atoms with Crippen molar-refractivity contribution in [3.63, 3.8) is 0 Å². The maximum atomic E-state index is 4.42. The second kappa shape index (κ2) is 4.23. The molecule has 19 heavy (non-hydrogen) atoms. The molecule has 0 aromatic carbocycles. The topological polar surface area (TPSA) is 83.5 Å². The molecule has 96 valence electrons. The Bertz CT molecular complexity index is 692. The highest BCUT2D eigenvalue weighted by Crippen LogP contribution is 2.36. The van der Waals surface area contributed by atoms with Crippen LogP contribution in [0.1, 0.15) is 24.7 Å². The average Bonchev–Trinajstić information content (AvgIpc) is 3.18. The average molecular weight is 273 g/mol. The molecule has 1 atom stereocenters. The van der Waals surface area contributed by atoms with Gasteiger partial charge in [0.1, 0.15) is 28.8 Å². The number of anilines is 1. The summed E-state index contributed by atoms with van der Waals surface area (Å²) in [5, 5.41) is 6.89. The van der Waals surface area contributed by atoms with Crippen molar-refractivity contribution in [2.45, 2.75) is 18.9 Å². The fourth-order valence-corrected chi connectivity index (χ4v) is 3.19. The number of hydrogen-bond acceptors (Lipinski definition) is 7. The third-order valence-corrected chi connectivity index (χ3v) is 4.12. The van der Waals surface area contributed by atoms with Gasteiger partial charge in [-0.2, -0.15) is 5.10 Å². The quantitative estimate of drug-likeness (QED) is 0.762. The van der Waals surface area contributed by atoms with Crippen molar-refractivity contribution < 1.29 is 0 Å². The van der Waals surface area contributed by atoms with E-state index < -0.39 is 0 Å². The summed E-state index contributed by atoms with van der Waals surface area (Å²) in [6, 6.07) is 0.197. The Morgan fingerprint density at radius 3 is 3.11 bits per heavy atom. The first kappa shape index (κ1) is 10.8. The molecule has 8 heteroatoms. The Balaban J connectivity index is 1.81. The van der Waals surface area contributed by atoms with Gasteiger partial charge in [-0.15, -0.1) is 11.3 Å². The zero-order chi connectivity index (χ0) is 12.7. The number of aromatic nitrogens is 6. The summed E-state index contributed by atoms with van der Waals surface area (Å²) in [5.74, 6) is 1.78. The zero-order valence-corrected chi connectivity index (χ0v) is 10.8. The van der Waals surface area contributed by atoms with Crippen LogP contribution in [0, 0.1) is 0 Å². The van der Waals surface area contributed by atoms with Crippen LogP contribution in [0.15, 0.2) is 18.2 Å². The normalized spacial score (nSPS) is 19.4. The maximum Gasteiger partial charge on any atom is 0.160 e. The van der Waals surface area contributed by atoms with E-state index >= 15 is 0 Å². The Labute approximate surface area is 112 Å². The number of nitrogens with one attached hydrogen (secondary N) is 1. The van der Waals surface area contributed by atoms with Crippen molar-refractivity contribution in [3.05, 3.63) is 24.0 Å². The smallest absolute Gasteiger partial charge is 0.160 e. The predicted octanol–water partition coefficient (Wildman–Crippen LogP) is 1.55. The van der Waals surface area contributed by atoms with Crippen molar-refractivity contribution in [2.75, 3.05) is 11.4 Å². The van der Waals surface area contributed by atoms with Crippen LogP contribution in [-0.4, -0.2) is 36.7 Å². The van der Waals surface area contributed by atoms with E-state index in [1.165, 1.54) is 11.3 Å². The molecule has 1 aliphatic rings. The molecular weight excluding hydrogens is 262 g/mol. The Morgan fingerprint density at radius 1 is 1.21 bits per heavy atom. The molecule has 0 bridgehead atoms. The van der Waals surface area contributed by atoms with Gasteiger partial charge in [0.15, 0.2) is 5.82 Å². The Morgan fingerprint density at radius 2 is 2.21 bits per heavy atom. The van der Waals surface area contributed by atoms with Gasteiger partial charge in [-0.3, -0.25) is 5.10 Å². The van der Waals surface area contributed by atoms with Crippen molar-refractivity contribution >= 4 is 27.5 Å². The minimum Gasteiger partial charge on any atom is -0.344 e. The van der Waals surface area contributed by atoms with E-state index in [0.29, 0.717) is 0 Å². The van der Waals surface area contributed by atoms with E-state index in [1.54, 1.807) is 12.7 Å².